The molecule has 1 N–H and O–H groups in total. The van der Waals surface area contributed by atoms with Gasteiger partial charge < -0.3 is 5.32 Å². The number of hydrogen-bond donors (Lipinski definition) is 1. The lowest BCUT2D eigenvalue weighted by atomic mass is 9.93. The van der Waals surface area contributed by atoms with Crippen molar-refractivity contribution in [1.82, 2.24) is 5.32 Å². The van der Waals surface area contributed by atoms with Gasteiger partial charge in [0.05, 0.1) is 11.0 Å². The number of nitrogens with one attached hydrogen (secondary N) is 1. The highest BCUT2D eigenvalue weighted by atomic mass is 35.5. The smallest absolute Gasteiger partial charge is 0.0763 e. The minimum Gasteiger partial charge on any atom is -0.369 e. The van der Waals surface area contributed by atoms with Gasteiger partial charge in [-0.3, -0.25) is 0 Å². The highest BCUT2D eigenvalue weighted by molar-refractivity contribution is 7.80. The van der Waals surface area contributed by atoms with Gasteiger partial charge in [0, 0.05) is 11.4 Å². The first-order valence-corrected chi connectivity index (χ1v) is 7.90. The lowest BCUT2D eigenvalue weighted by molar-refractivity contribution is 0.679. The zero-order valence-corrected chi connectivity index (χ0v) is 13.0. The van der Waals surface area contributed by atoms with Crippen molar-refractivity contribution in [3.05, 3.63) is 75.8 Å². The molecule has 1 saturated heterocycles. The molecule has 1 atom stereocenters. The number of piperidine rings is 1. The van der Waals surface area contributed by atoms with Crippen molar-refractivity contribution in [3.63, 3.8) is 0 Å². The van der Waals surface area contributed by atoms with Crippen LogP contribution >= 0.6 is 23.8 Å². The van der Waals surface area contributed by atoms with Gasteiger partial charge in [0.2, 0.25) is 0 Å². The average molecular weight is 312 g/mol. The van der Waals surface area contributed by atoms with E-state index in [-0.39, 0.29) is 6.04 Å². The van der Waals surface area contributed by atoms with Crippen LogP contribution in [0.4, 0.5) is 0 Å². The molecule has 0 aromatic heterocycles. The van der Waals surface area contributed by atoms with Crippen LogP contribution in [0.3, 0.4) is 0 Å². The third-order valence-electron chi connectivity index (χ3n) is 4.27. The number of halogens is 1. The summed E-state index contributed by atoms with van der Waals surface area (Å²) in [5.74, 6) is 0. The predicted molar refractivity (Wildman–Crippen MR) is 91.6 cm³/mol. The first kappa shape index (κ1) is 13.1. The van der Waals surface area contributed by atoms with E-state index in [1.807, 2.05) is 12.1 Å². The van der Waals surface area contributed by atoms with Crippen molar-refractivity contribution >= 4 is 34.4 Å². The first-order chi connectivity index (χ1) is 10.2. The van der Waals surface area contributed by atoms with Gasteiger partial charge in [-0.2, -0.15) is 0 Å². The van der Waals surface area contributed by atoms with Crippen LogP contribution in [-0.4, -0.2) is 4.99 Å². The molecule has 0 spiro atoms. The summed E-state index contributed by atoms with van der Waals surface area (Å²) in [6, 6.07) is 17.0. The number of thiocarbonyl (C=S) groups is 1. The molecule has 0 amide bonds. The van der Waals surface area contributed by atoms with Gasteiger partial charge in [0.15, 0.2) is 0 Å². The van der Waals surface area contributed by atoms with Crippen molar-refractivity contribution < 1.29 is 0 Å². The van der Waals surface area contributed by atoms with Crippen molar-refractivity contribution in [2.75, 3.05) is 0 Å². The van der Waals surface area contributed by atoms with E-state index < -0.39 is 0 Å². The van der Waals surface area contributed by atoms with Crippen LogP contribution in [0.15, 0.2) is 54.1 Å². The third-order valence-corrected chi connectivity index (χ3v) is 4.84. The van der Waals surface area contributed by atoms with Crippen LogP contribution in [0, 0.1) is 0 Å². The summed E-state index contributed by atoms with van der Waals surface area (Å²) in [4.78, 5) is 0.968. The number of hydrogen-bond acceptors (Lipinski definition) is 1. The molecule has 3 heteroatoms. The van der Waals surface area contributed by atoms with E-state index in [1.165, 1.54) is 27.8 Å². The minimum atomic E-state index is 0.244. The number of benzene rings is 2. The highest BCUT2D eigenvalue weighted by Gasteiger charge is 2.34. The lowest BCUT2D eigenvalue weighted by Crippen LogP contribution is -2.31. The maximum absolute atomic E-state index is 6.03. The Morgan fingerprint density at radius 3 is 2.57 bits per heavy atom. The fourth-order valence-electron chi connectivity index (χ4n) is 3.35. The maximum Gasteiger partial charge on any atom is 0.0763 e. The molecular formula is C18H14ClNS. The first-order valence-electron chi connectivity index (χ1n) is 7.11. The standard InChI is InChI=1S/C18H14ClNS/c19-12-7-5-11(6-8-12)17-13-3-1-2-4-14(13)18-15(17)9-10-16(21)20-18/h1-8,18H,9-10H2,(H,20,21). The van der Waals surface area contributed by atoms with E-state index in [1.54, 1.807) is 0 Å². The summed E-state index contributed by atoms with van der Waals surface area (Å²) in [7, 11) is 0. The Morgan fingerprint density at radius 2 is 1.76 bits per heavy atom. The van der Waals surface area contributed by atoms with Gasteiger partial charge in [-0.05, 0) is 46.4 Å². The normalized spacial score (nSPS) is 20.0. The van der Waals surface area contributed by atoms with Gasteiger partial charge in [-0.1, -0.05) is 60.2 Å². The van der Waals surface area contributed by atoms with Crippen LogP contribution < -0.4 is 5.32 Å². The second kappa shape index (κ2) is 4.97. The Bertz CT molecular complexity index is 761. The zero-order chi connectivity index (χ0) is 14.4. The molecule has 4 rings (SSSR count). The van der Waals surface area contributed by atoms with Crippen LogP contribution in [0.1, 0.15) is 35.6 Å². The molecule has 2 aromatic carbocycles. The molecule has 1 unspecified atom stereocenters. The average Bonchev–Trinajstić information content (AvgIpc) is 2.82. The molecule has 2 aromatic rings. The summed E-state index contributed by atoms with van der Waals surface area (Å²) >= 11 is 11.4. The molecule has 1 aliphatic heterocycles. The zero-order valence-electron chi connectivity index (χ0n) is 11.4. The van der Waals surface area contributed by atoms with Crippen molar-refractivity contribution in [2.24, 2.45) is 0 Å². The lowest BCUT2D eigenvalue weighted by Gasteiger charge is -2.25. The highest BCUT2D eigenvalue weighted by Crippen LogP contribution is 2.47. The van der Waals surface area contributed by atoms with Crippen molar-refractivity contribution in [2.45, 2.75) is 18.9 Å². The van der Waals surface area contributed by atoms with Gasteiger partial charge in [-0.25, -0.2) is 0 Å². The number of rotatable bonds is 1. The molecule has 104 valence electrons. The Morgan fingerprint density at radius 1 is 1.00 bits per heavy atom. The Balaban J connectivity index is 1.92. The van der Waals surface area contributed by atoms with Gasteiger partial charge >= 0.3 is 0 Å². The van der Waals surface area contributed by atoms with E-state index >= 15 is 0 Å². The molecule has 1 aliphatic carbocycles. The summed E-state index contributed by atoms with van der Waals surface area (Å²) < 4.78 is 0. The van der Waals surface area contributed by atoms with E-state index in [9.17, 15) is 0 Å². The summed E-state index contributed by atoms with van der Waals surface area (Å²) in [5.41, 5.74) is 6.69. The summed E-state index contributed by atoms with van der Waals surface area (Å²) in [5, 5.41) is 4.27. The predicted octanol–water partition coefficient (Wildman–Crippen LogP) is 4.91. The van der Waals surface area contributed by atoms with Crippen LogP contribution in [-0.2, 0) is 0 Å². The fourth-order valence-corrected chi connectivity index (χ4v) is 3.70. The molecular weight excluding hydrogens is 298 g/mol. The van der Waals surface area contributed by atoms with Crippen molar-refractivity contribution in [3.8, 4) is 0 Å². The van der Waals surface area contributed by atoms with Crippen LogP contribution in [0.2, 0.25) is 5.02 Å². The van der Waals surface area contributed by atoms with Gasteiger partial charge in [0.1, 0.15) is 0 Å². The van der Waals surface area contributed by atoms with Crippen molar-refractivity contribution in [1.29, 1.82) is 0 Å². The second-order valence-corrected chi connectivity index (χ2v) is 6.42. The van der Waals surface area contributed by atoms with E-state index in [4.69, 9.17) is 23.8 Å². The quantitative estimate of drug-likeness (QED) is 0.751. The van der Waals surface area contributed by atoms with Gasteiger partial charge in [0.25, 0.3) is 0 Å². The Hall–Kier alpha value is -1.64. The molecule has 1 nitrogen and oxygen atoms in total. The van der Waals surface area contributed by atoms with Crippen LogP contribution in [0.25, 0.3) is 5.57 Å². The molecule has 0 radical (unpaired) electrons. The second-order valence-electron chi connectivity index (χ2n) is 5.49. The monoisotopic (exact) mass is 311 g/mol. The number of fused-ring (bicyclic) bond motifs is 3. The Labute approximate surface area is 134 Å². The molecule has 0 bridgehead atoms. The third kappa shape index (κ3) is 2.10. The molecule has 2 aliphatic rings. The molecule has 0 saturated carbocycles. The summed E-state index contributed by atoms with van der Waals surface area (Å²) in [6.07, 6.45) is 1.97. The largest absolute Gasteiger partial charge is 0.369 e. The molecule has 1 fully saturated rings. The van der Waals surface area contributed by atoms with E-state index in [2.05, 4.69) is 41.7 Å². The topological polar surface area (TPSA) is 12.0 Å². The maximum atomic E-state index is 6.03. The van der Waals surface area contributed by atoms with Gasteiger partial charge in [-0.15, -0.1) is 0 Å². The van der Waals surface area contributed by atoms with E-state index in [0.717, 1.165) is 22.9 Å². The van der Waals surface area contributed by atoms with Crippen LogP contribution in [0.5, 0.6) is 0 Å². The SMILES string of the molecule is S=C1CCC2=C(c3ccc(Cl)cc3)c3ccccc3C2N1. The Kier molecular flexibility index (Phi) is 3.09. The molecule has 21 heavy (non-hydrogen) atoms. The fraction of sp³-hybridized carbons (Fsp3) is 0.167. The molecule has 1 heterocycles. The van der Waals surface area contributed by atoms with E-state index in [0.29, 0.717) is 0 Å². The minimum absolute atomic E-state index is 0.244. The summed E-state index contributed by atoms with van der Waals surface area (Å²) in [6.45, 7) is 0.